The maximum absolute atomic E-state index is 13.9. The number of halogens is 1. The van der Waals surface area contributed by atoms with Gasteiger partial charge in [0.15, 0.2) is 0 Å². The van der Waals surface area contributed by atoms with Crippen LogP contribution in [0.4, 0.5) is 9.18 Å². The number of rotatable bonds is 1. The zero-order chi connectivity index (χ0) is 19.2. The largest absolute Gasteiger partial charge is 0.444 e. The molecule has 2 aromatic rings. The van der Waals surface area contributed by atoms with Crippen molar-refractivity contribution in [2.45, 2.75) is 59.6 Å². The van der Waals surface area contributed by atoms with Gasteiger partial charge in [-0.2, -0.15) is 5.10 Å². The van der Waals surface area contributed by atoms with Crippen molar-refractivity contribution in [3.63, 3.8) is 0 Å². The first kappa shape index (κ1) is 18.4. The Bertz CT molecular complexity index is 828. The number of hydrogen-bond acceptors (Lipinski definition) is 3. The number of aryl methyl sites for hydroxylation is 2. The second kappa shape index (κ2) is 6.41. The van der Waals surface area contributed by atoms with Crippen LogP contribution in [-0.4, -0.2) is 32.9 Å². The fraction of sp³-hybridized carbons (Fsp3) is 0.500. The van der Waals surface area contributed by atoms with Crippen molar-refractivity contribution in [2.75, 3.05) is 6.54 Å². The average molecular weight is 359 g/mol. The molecule has 0 fully saturated rings. The van der Waals surface area contributed by atoms with E-state index in [2.05, 4.69) is 5.10 Å². The Morgan fingerprint density at radius 2 is 1.88 bits per heavy atom. The van der Waals surface area contributed by atoms with Gasteiger partial charge in [-0.15, -0.1) is 0 Å². The summed E-state index contributed by atoms with van der Waals surface area (Å²) in [5, 5.41) is 4.69. The van der Waals surface area contributed by atoms with E-state index in [0.717, 1.165) is 23.4 Å². The quantitative estimate of drug-likeness (QED) is 0.754. The molecule has 1 aliphatic heterocycles. The highest BCUT2D eigenvalue weighted by molar-refractivity contribution is 5.69. The lowest BCUT2D eigenvalue weighted by Crippen LogP contribution is -2.42. The molecule has 1 amide bonds. The molecule has 1 atom stereocenters. The van der Waals surface area contributed by atoms with E-state index in [9.17, 15) is 9.18 Å². The molecule has 0 radical (unpaired) electrons. The molecule has 0 saturated heterocycles. The molecular formula is C20H26FN3O2. The van der Waals surface area contributed by atoms with E-state index in [-0.39, 0.29) is 18.0 Å². The van der Waals surface area contributed by atoms with Gasteiger partial charge in [0.1, 0.15) is 11.4 Å². The number of amides is 1. The van der Waals surface area contributed by atoms with E-state index in [0.29, 0.717) is 17.7 Å². The van der Waals surface area contributed by atoms with Crippen LogP contribution in [0.15, 0.2) is 18.3 Å². The molecule has 0 bridgehead atoms. The molecule has 26 heavy (non-hydrogen) atoms. The van der Waals surface area contributed by atoms with Gasteiger partial charge in [-0.3, -0.25) is 4.90 Å². The van der Waals surface area contributed by atoms with Crippen molar-refractivity contribution in [3.8, 4) is 5.69 Å². The standard InChI is InChI=1S/C20H26FN3O2/c1-12-9-16(10-13(2)17(12)21)24-11-15-7-8-23(14(3)18(15)22-24)19(25)26-20(4,5)6/h9-11,14H,7-8H2,1-6H3/t14-/m0/s1. The summed E-state index contributed by atoms with van der Waals surface area (Å²) in [4.78, 5) is 14.2. The van der Waals surface area contributed by atoms with Gasteiger partial charge >= 0.3 is 6.09 Å². The Kier molecular flexibility index (Phi) is 4.54. The van der Waals surface area contributed by atoms with Crippen molar-refractivity contribution >= 4 is 6.09 Å². The van der Waals surface area contributed by atoms with Crippen LogP contribution >= 0.6 is 0 Å². The number of aromatic nitrogens is 2. The molecule has 0 saturated carbocycles. The van der Waals surface area contributed by atoms with E-state index < -0.39 is 5.60 Å². The minimum atomic E-state index is -0.528. The van der Waals surface area contributed by atoms with E-state index in [1.54, 1.807) is 35.6 Å². The summed E-state index contributed by atoms with van der Waals surface area (Å²) < 4.78 is 21.2. The summed E-state index contributed by atoms with van der Waals surface area (Å²) in [5.41, 5.74) is 3.46. The lowest BCUT2D eigenvalue weighted by atomic mass is 10.0. The van der Waals surface area contributed by atoms with Crippen LogP contribution in [0.5, 0.6) is 0 Å². The Labute approximate surface area is 153 Å². The van der Waals surface area contributed by atoms with Crippen LogP contribution in [0.2, 0.25) is 0 Å². The predicted octanol–water partition coefficient (Wildman–Crippen LogP) is 4.48. The highest BCUT2D eigenvalue weighted by atomic mass is 19.1. The van der Waals surface area contributed by atoms with E-state index >= 15 is 0 Å². The third-order valence-corrected chi connectivity index (χ3v) is 4.62. The minimum Gasteiger partial charge on any atom is -0.444 e. The first-order chi connectivity index (χ1) is 12.1. The Hall–Kier alpha value is -2.37. The SMILES string of the molecule is Cc1cc(-n2cc3c(n2)[C@H](C)N(C(=O)OC(C)(C)C)CC3)cc(C)c1F. The van der Waals surface area contributed by atoms with Gasteiger partial charge in [0.05, 0.1) is 17.4 Å². The second-order valence-corrected chi connectivity index (χ2v) is 7.98. The Morgan fingerprint density at radius 3 is 2.46 bits per heavy atom. The molecule has 6 heteroatoms. The Balaban J connectivity index is 1.90. The number of carbonyl (C=O) groups is 1. The molecule has 5 nitrogen and oxygen atoms in total. The van der Waals surface area contributed by atoms with Gasteiger partial charge < -0.3 is 4.74 Å². The highest BCUT2D eigenvalue weighted by Gasteiger charge is 2.33. The second-order valence-electron chi connectivity index (χ2n) is 7.98. The zero-order valence-electron chi connectivity index (χ0n) is 16.3. The van der Waals surface area contributed by atoms with E-state index in [4.69, 9.17) is 4.74 Å². The van der Waals surface area contributed by atoms with E-state index in [1.807, 2.05) is 33.9 Å². The third kappa shape index (κ3) is 3.45. The van der Waals surface area contributed by atoms with Crippen LogP contribution in [0.25, 0.3) is 5.69 Å². The van der Waals surface area contributed by atoms with Crippen molar-refractivity contribution in [1.29, 1.82) is 0 Å². The van der Waals surface area contributed by atoms with Gasteiger partial charge in [-0.25, -0.2) is 13.9 Å². The van der Waals surface area contributed by atoms with Gasteiger partial charge in [0, 0.05) is 12.7 Å². The molecule has 140 valence electrons. The third-order valence-electron chi connectivity index (χ3n) is 4.62. The highest BCUT2D eigenvalue weighted by Crippen LogP contribution is 2.30. The van der Waals surface area contributed by atoms with Crippen molar-refractivity contribution < 1.29 is 13.9 Å². The van der Waals surface area contributed by atoms with Crippen molar-refractivity contribution in [2.24, 2.45) is 0 Å². The molecule has 0 unspecified atom stereocenters. The van der Waals surface area contributed by atoms with Crippen LogP contribution in [0.1, 0.15) is 56.1 Å². The summed E-state index contributed by atoms with van der Waals surface area (Å²) >= 11 is 0. The number of carbonyl (C=O) groups excluding carboxylic acids is 1. The first-order valence-electron chi connectivity index (χ1n) is 8.92. The van der Waals surface area contributed by atoms with Crippen LogP contribution in [0.3, 0.4) is 0 Å². The van der Waals surface area contributed by atoms with Crippen LogP contribution in [0, 0.1) is 19.7 Å². The van der Waals surface area contributed by atoms with Crippen molar-refractivity contribution in [3.05, 3.63) is 46.5 Å². The van der Waals surface area contributed by atoms with Crippen molar-refractivity contribution in [1.82, 2.24) is 14.7 Å². The molecule has 0 aliphatic carbocycles. The summed E-state index contributed by atoms with van der Waals surface area (Å²) in [6.07, 6.45) is 2.38. The zero-order valence-corrected chi connectivity index (χ0v) is 16.3. The molecule has 2 heterocycles. The molecular weight excluding hydrogens is 333 g/mol. The lowest BCUT2D eigenvalue weighted by Gasteiger charge is -2.34. The molecule has 1 aromatic carbocycles. The van der Waals surface area contributed by atoms with Crippen LogP contribution < -0.4 is 0 Å². The fourth-order valence-corrected chi connectivity index (χ4v) is 3.31. The van der Waals surface area contributed by atoms with Crippen LogP contribution in [-0.2, 0) is 11.2 Å². The maximum Gasteiger partial charge on any atom is 0.410 e. The molecule has 1 aromatic heterocycles. The topological polar surface area (TPSA) is 47.4 Å². The number of nitrogens with zero attached hydrogens (tertiary/aromatic N) is 3. The van der Waals surface area contributed by atoms with Gasteiger partial charge in [0.2, 0.25) is 0 Å². The monoisotopic (exact) mass is 359 g/mol. The summed E-state index contributed by atoms with van der Waals surface area (Å²) in [6.45, 7) is 11.6. The Morgan fingerprint density at radius 1 is 1.27 bits per heavy atom. The summed E-state index contributed by atoms with van der Waals surface area (Å²) in [5.74, 6) is -0.185. The molecule has 0 spiro atoms. The predicted molar refractivity (Wildman–Crippen MR) is 98.1 cm³/mol. The van der Waals surface area contributed by atoms with Gasteiger partial charge in [-0.05, 0) is 76.8 Å². The average Bonchev–Trinajstić information content (AvgIpc) is 2.95. The molecule has 1 aliphatic rings. The fourth-order valence-electron chi connectivity index (χ4n) is 3.31. The number of hydrogen-bond donors (Lipinski definition) is 0. The lowest BCUT2D eigenvalue weighted by molar-refractivity contribution is 0.0156. The smallest absolute Gasteiger partial charge is 0.410 e. The number of fused-ring (bicyclic) bond motifs is 1. The first-order valence-corrected chi connectivity index (χ1v) is 8.92. The summed E-state index contributed by atoms with van der Waals surface area (Å²) in [6, 6.07) is 3.41. The molecule has 0 N–H and O–H groups in total. The normalized spacial score (nSPS) is 17.2. The number of ether oxygens (including phenoxy) is 1. The minimum absolute atomic E-state index is 0.169. The number of benzene rings is 1. The van der Waals surface area contributed by atoms with Gasteiger partial charge in [0.25, 0.3) is 0 Å². The van der Waals surface area contributed by atoms with Gasteiger partial charge in [-0.1, -0.05) is 0 Å². The maximum atomic E-state index is 13.9. The summed E-state index contributed by atoms with van der Waals surface area (Å²) in [7, 11) is 0. The molecule has 3 rings (SSSR count). The van der Waals surface area contributed by atoms with E-state index in [1.165, 1.54) is 0 Å².